The van der Waals surface area contributed by atoms with Gasteiger partial charge in [0, 0.05) is 6.42 Å². The monoisotopic (exact) mass is 308 g/mol. The summed E-state index contributed by atoms with van der Waals surface area (Å²) in [5.41, 5.74) is 2.87. The van der Waals surface area contributed by atoms with E-state index in [0.29, 0.717) is 5.02 Å². The van der Waals surface area contributed by atoms with Crippen LogP contribution in [0.3, 0.4) is 0 Å². The van der Waals surface area contributed by atoms with Crippen LogP contribution in [0, 0.1) is 6.92 Å². The highest BCUT2D eigenvalue weighted by Gasteiger charge is 2.30. The molecular formula is C16H17ClO2S. The molecule has 1 aromatic heterocycles. The predicted molar refractivity (Wildman–Crippen MR) is 83.0 cm³/mol. The number of rotatable bonds is 2. The van der Waals surface area contributed by atoms with Gasteiger partial charge in [-0.25, -0.2) is 0 Å². The molecule has 1 N–H and O–H groups in total. The second-order valence-electron chi connectivity index (χ2n) is 5.91. The third-order valence-corrected chi connectivity index (χ3v) is 5.34. The number of hydrogen-bond acceptors (Lipinski definition) is 3. The van der Waals surface area contributed by atoms with Crippen LogP contribution in [0.1, 0.15) is 41.5 Å². The van der Waals surface area contributed by atoms with Crippen molar-refractivity contribution in [1.29, 1.82) is 0 Å². The van der Waals surface area contributed by atoms with E-state index in [0.717, 1.165) is 33.7 Å². The van der Waals surface area contributed by atoms with Crippen LogP contribution in [-0.4, -0.2) is 10.7 Å². The van der Waals surface area contributed by atoms with Gasteiger partial charge < -0.3 is 9.84 Å². The number of thiophene rings is 1. The number of hydrogen-bond donors (Lipinski definition) is 1. The van der Waals surface area contributed by atoms with Crippen LogP contribution in [-0.2, 0) is 6.42 Å². The van der Waals surface area contributed by atoms with Gasteiger partial charge in [0.05, 0.1) is 9.90 Å². The van der Waals surface area contributed by atoms with Crippen molar-refractivity contribution in [2.24, 2.45) is 0 Å². The van der Waals surface area contributed by atoms with Crippen molar-refractivity contribution < 1.29 is 9.84 Å². The molecule has 0 amide bonds. The molecule has 4 heteroatoms. The van der Waals surface area contributed by atoms with Gasteiger partial charge in [0.1, 0.15) is 17.5 Å². The zero-order chi connectivity index (χ0) is 14.5. The van der Waals surface area contributed by atoms with Crippen LogP contribution in [0.25, 0.3) is 0 Å². The maximum Gasteiger partial charge on any atom is 0.123 e. The van der Waals surface area contributed by atoms with E-state index in [1.54, 1.807) is 0 Å². The Morgan fingerprint density at radius 1 is 1.40 bits per heavy atom. The average Bonchev–Trinajstić information content (AvgIpc) is 2.87. The number of aliphatic hydroxyl groups is 1. The van der Waals surface area contributed by atoms with Gasteiger partial charge in [0.25, 0.3) is 0 Å². The van der Waals surface area contributed by atoms with Gasteiger partial charge in [0.15, 0.2) is 0 Å². The third kappa shape index (κ3) is 2.34. The summed E-state index contributed by atoms with van der Waals surface area (Å²) in [6, 6.07) is 5.88. The van der Waals surface area contributed by atoms with Crippen LogP contribution >= 0.6 is 22.9 Å². The van der Waals surface area contributed by atoms with Crippen molar-refractivity contribution in [1.82, 2.24) is 0 Å². The topological polar surface area (TPSA) is 29.5 Å². The van der Waals surface area contributed by atoms with Crippen LogP contribution in [0.5, 0.6) is 5.75 Å². The molecule has 1 aromatic carbocycles. The number of benzene rings is 1. The molecule has 1 unspecified atom stereocenters. The fourth-order valence-electron chi connectivity index (χ4n) is 2.59. The molecular weight excluding hydrogens is 292 g/mol. The molecule has 1 aliphatic heterocycles. The minimum absolute atomic E-state index is 0.164. The molecule has 20 heavy (non-hydrogen) atoms. The fraction of sp³-hybridized carbons (Fsp3) is 0.375. The van der Waals surface area contributed by atoms with Crippen molar-refractivity contribution in [3.8, 4) is 5.75 Å². The SMILES string of the molecule is Cc1csc(C(O)c2ccc3c(c2)CC(C)(C)O3)c1Cl. The summed E-state index contributed by atoms with van der Waals surface area (Å²) in [5.74, 6) is 0.916. The van der Waals surface area contributed by atoms with Crippen molar-refractivity contribution >= 4 is 22.9 Å². The van der Waals surface area contributed by atoms with E-state index in [-0.39, 0.29) is 5.60 Å². The molecule has 2 heterocycles. The Morgan fingerprint density at radius 2 is 2.15 bits per heavy atom. The van der Waals surface area contributed by atoms with Gasteiger partial charge in [-0.3, -0.25) is 0 Å². The van der Waals surface area contributed by atoms with Crippen LogP contribution in [0.4, 0.5) is 0 Å². The minimum Gasteiger partial charge on any atom is -0.487 e. The Labute approximate surface area is 128 Å². The smallest absolute Gasteiger partial charge is 0.123 e. The Morgan fingerprint density at radius 3 is 2.80 bits per heavy atom. The highest BCUT2D eigenvalue weighted by atomic mass is 35.5. The standard InChI is InChI=1S/C16H17ClO2S/c1-9-8-20-15(13(9)17)14(18)10-4-5-12-11(6-10)7-16(2,3)19-12/h4-6,8,14,18H,7H2,1-3H3. The molecule has 2 nitrogen and oxygen atoms in total. The summed E-state index contributed by atoms with van der Waals surface area (Å²) in [7, 11) is 0. The molecule has 3 rings (SSSR count). The van der Waals surface area contributed by atoms with E-state index in [9.17, 15) is 5.11 Å². The Kier molecular flexibility index (Phi) is 3.32. The molecule has 0 bridgehead atoms. The second-order valence-corrected chi connectivity index (χ2v) is 7.19. The highest BCUT2D eigenvalue weighted by Crippen LogP contribution is 2.40. The molecule has 0 spiro atoms. The lowest BCUT2D eigenvalue weighted by atomic mass is 9.98. The number of aryl methyl sites for hydroxylation is 1. The van der Waals surface area contributed by atoms with E-state index in [2.05, 4.69) is 13.8 Å². The summed E-state index contributed by atoms with van der Waals surface area (Å²) in [4.78, 5) is 0.808. The largest absolute Gasteiger partial charge is 0.487 e. The first-order valence-electron chi connectivity index (χ1n) is 6.61. The summed E-state index contributed by atoms with van der Waals surface area (Å²) in [5, 5.41) is 13.2. The van der Waals surface area contributed by atoms with E-state index < -0.39 is 6.10 Å². The minimum atomic E-state index is -0.671. The number of halogens is 1. The first kappa shape index (κ1) is 13.9. The number of aliphatic hydroxyl groups excluding tert-OH is 1. The Hall–Kier alpha value is -1.03. The molecule has 0 saturated carbocycles. The molecule has 1 atom stereocenters. The van der Waals surface area contributed by atoms with Gasteiger partial charge in [-0.2, -0.15) is 0 Å². The van der Waals surface area contributed by atoms with Crippen LogP contribution in [0.15, 0.2) is 23.6 Å². The zero-order valence-corrected chi connectivity index (χ0v) is 13.3. The maximum atomic E-state index is 10.5. The van der Waals surface area contributed by atoms with E-state index >= 15 is 0 Å². The fourth-order valence-corrected chi connectivity index (χ4v) is 3.89. The maximum absolute atomic E-state index is 10.5. The van der Waals surface area contributed by atoms with Crippen LogP contribution < -0.4 is 4.74 Å². The number of ether oxygens (including phenoxy) is 1. The molecule has 1 aliphatic rings. The molecule has 2 aromatic rings. The third-order valence-electron chi connectivity index (χ3n) is 3.58. The summed E-state index contributed by atoms with van der Waals surface area (Å²) in [6.45, 7) is 6.10. The molecule has 0 radical (unpaired) electrons. The molecule has 106 valence electrons. The quantitative estimate of drug-likeness (QED) is 0.885. The normalized spacial score (nSPS) is 17.6. The van der Waals surface area contributed by atoms with Crippen molar-refractivity contribution in [2.75, 3.05) is 0 Å². The summed E-state index contributed by atoms with van der Waals surface area (Å²) in [6.07, 6.45) is 0.190. The van der Waals surface area contributed by atoms with Crippen molar-refractivity contribution in [2.45, 2.75) is 38.9 Å². The van der Waals surface area contributed by atoms with Gasteiger partial charge in [-0.1, -0.05) is 17.7 Å². The lowest BCUT2D eigenvalue weighted by Crippen LogP contribution is -2.24. The van der Waals surface area contributed by atoms with Gasteiger partial charge in [0.2, 0.25) is 0 Å². The molecule has 0 fully saturated rings. The van der Waals surface area contributed by atoms with Gasteiger partial charge >= 0.3 is 0 Å². The second kappa shape index (κ2) is 4.76. The van der Waals surface area contributed by atoms with Crippen LogP contribution in [0.2, 0.25) is 5.02 Å². The Balaban J connectivity index is 1.95. The lowest BCUT2D eigenvalue weighted by molar-refractivity contribution is 0.138. The van der Waals surface area contributed by atoms with Crippen molar-refractivity contribution in [3.63, 3.8) is 0 Å². The van der Waals surface area contributed by atoms with E-state index in [4.69, 9.17) is 16.3 Å². The summed E-state index contributed by atoms with van der Waals surface area (Å²) < 4.78 is 5.86. The highest BCUT2D eigenvalue weighted by molar-refractivity contribution is 7.10. The molecule has 0 aliphatic carbocycles. The Bertz CT molecular complexity index is 660. The zero-order valence-electron chi connectivity index (χ0n) is 11.7. The lowest BCUT2D eigenvalue weighted by Gasteiger charge is -2.16. The average molecular weight is 309 g/mol. The molecule has 0 saturated heterocycles. The van der Waals surface area contributed by atoms with E-state index in [1.165, 1.54) is 11.3 Å². The first-order valence-corrected chi connectivity index (χ1v) is 7.86. The first-order chi connectivity index (χ1) is 9.37. The predicted octanol–water partition coefficient (Wildman–Crippen LogP) is 4.51. The summed E-state index contributed by atoms with van der Waals surface area (Å²) >= 11 is 7.74. The van der Waals surface area contributed by atoms with Crippen molar-refractivity contribution in [3.05, 3.63) is 50.2 Å². The van der Waals surface area contributed by atoms with Gasteiger partial charge in [-0.15, -0.1) is 11.3 Å². The van der Waals surface area contributed by atoms with Gasteiger partial charge in [-0.05, 0) is 55.0 Å². The van der Waals surface area contributed by atoms with E-state index in [1.807, 2.05) is 30.5 Å². The number of fused-ring (bicyclic) bond motifs is 1.